The minimum atomic E-state index is -1.11. The van der Waals surface area contributed by atoms with Crippen molar-refractivity contribution in [3.05, 3.63) is 58.4 Å². The fourth-order valence-corrected chi connectivity index (χ4v) is 2.20. The number of anilines is 1. The molecule has 0 aliphatic carbocycles. The Morgan fingerprint density at radius 2 is 1.67 bits per heavy atom. The zero-order valence-corrected chi connectivity index (χ0v) is 12.1. The zero-order chi connectivity index (χ0) is 15.6. The van der Waals surface area contributed by atoms with Crippen molar-refractivity contribution in [2.75, 3.05) is 5.32 Å². The predicted octanol–water partition coefficient (Wildman–Crippen LogP) is 2.96. The second-order valence-corrected chi connectivity index (χ2v) is 4.96. The largest absolute Gasteiger partial charge is 0.478 e. The molecule has 1 aromatic heterocycles. The molecule has 5 nitrogen and oxygen atoms in total. The zero-order valence-electron chi connectivity index (χ0n) is 12.1. The van der Waals surface area contributed by atoms with E-state index < -0.39 is 11.9 Å². The molecule has 2 N–H and O–H groups in total. The lowest BCUT2D eigenvalue weighted by Crippen LogP contribution is -2.19. The monoisotopic (exact) mass is 284 g/mol. The summed E-state index contributed by atoms with van der Waals surface area (Å²) in [5.74, 6) is -1.55. The quantitative estimate of drug-likeness (QED) is 0.908. The first-order valence-corrected chi connectivity index (χ1v) is 6.46. The standard InChI is InChI=1S/C16H16N2O3/c1-9-6-12(8-17-7-9)18-15(19)13-10(2)4-5-11(3)14(13)16(20)21/h4-8H,1-3H3,(H,18,19)(H,20,21). The lowest BCUT2D eigenvalue weighted by molar-refractivity contribution is 0.0691. The van der Waals surface area contributed by atoms with Crippen molar-refractivity contribution in [2.24, 2.45) is 0 Å². The van der Waals surface area contributed by atoms with E-state index in [4.69, 9.17) is 0 Å². The van der Waals surface area contributed by atoms with Crippen molar-refractivity contribution < 1.29 is 14.7 Å². The highest BCUT2D eigenvalue weighted by atomic mass is 16.4. The number of rotatable bonds is 3. The minimum Gasteiger partial charge on any atom is -0.478 e. The number of nitrogens with zero attached hydrogens (tertiary/aromatic N) is 1. The van der Waals surface area contributed by atoms with Crippen LogP contribution in [0.15, 0.2) is 30.6 Å². The maximum atomic E-state index is 12.4. The third-order valence-corrected chi connectivity index (χ3v) is 3.20. The van der Waals surface area contributed by atoms with Crippen LogP contribution in [-0.4, -0.2) is 22.0 Å². The Balaban J connectivity index is 2.44. The van der Waals surface area contributed by atoms with Gasteiger partial charge in [-0.3, -0.25) is 9.78 Å². The van der Waals surface area contributed by atoms with Gasteiger partial charge in [0.15, 0.2) is 0 Å². The van der Waals surface area contributed by atoms with Crippen LogP contribution < -0.4 is 5.32 Å². The Labute approximate surface area is 122 Å². The van der Waals surface area contributed by atoms with Gasteiger partial charge in [-0.25, -0.2) is 4.79 Å². The first kappa shape index (κ1) is 14.7. The molecule has 0 aliphatic rings. The smallest absolute Gasteiger partial charge is 0.336 e. The molecule has 1 aromatic carbocycles. The number of aryl methyl sites for hydroxylation is 3. The fraction of sp³-hybridized carbons (Fsp3) is 0.188. The molecule has 0 spiro atoms. The summed E-state index contributed by atoms with van der Waals surface area (Å²) in [6.45, 7) is 5.26. The van der Waals surface area contributed by atoms with E-state index in [0.717, 1.165) is 5.56 Å². The number of aromatic nitrogens is 1. The normalized spacial score (nSPS) is 10.2. The van der Waals surface area contributed by atoms with E-state index in [2.05, 4.69) is 10.3 Å². The molecule has 0 atom stereocenters. The van der Waals surface area contributed by atoms with Crippen molar-refractivity contribution in [3.8, 4) is 0 Å². The van der Waals surface area contributed by atoms with Crippen molar-refractivity contribution >= 4 is 17.6 Å². The second-order valence-electron chi connectivity index (χ2n) is 4.96. The van der Waals surface area contributed by atoms with E-state index >= 15 is 0 Å². The number of aromatic carboxylic acids is 1. The molecule has 2 aromatic rings. The van der Waals surface area contributed by atoms with Gasteiger partial charge in [-0.15, -0.1) is 0 Å². The van der Waals surface area contributed by atoms with Crippen LogP contribution >= 0.6 is 0 Å². The maximum Gasteiger partial charge on any atom is 0.336 e. The number of amides is 1. The van der Waals surface area contributed by atoms with Crippen LogP contribution in [0.4, 0.5) is 5.69 Å². The molecular formula is C16H16N2O3. The number of carboxylic acids is 1. The topological polar surface area (TPSA) is 79.3 Å². The first-order valence-electron chi connectivity index (χ1n) is 6.46. The van der Waals surface area contributed by atoms with Crippen LogP contribution in [0, 0.1) is 20.8 Å². The molecule has 0 unspecified atom stereocenters. The lowest BCUT2D eigenvalue weighted by Gasteiger charge is -2.12. The molecule has 2 rings (SSSR count). The fourth-order valence-electron chi connectivity index (χ4n) is 2.20. The SMILES string of the molecule is Cc1cncc(NC(=O)c2c(C)ccc(C)c2C(=O)O)c1. The molecule has 0 bridgehead atoms. The van der Waals surface area contributed by atoms with E-state index in [1.54, 1.807) is 38.2 Å². The molecule has 108 valence electrons. The van der Waals surface area contributed by atoms with E-state index in [9.17, 15) is 14.7 Å². The highest BCUT2D eigenvalue weighted by Crippen LogP contribution is 2.20. The molecule has 0 saturated carbocycles. The maximum absolute atomic E-state index is 12.4. The van der Waals surface area contributed by atoms with Gasteiger partial charge in [-0.1, -0.05) is 12.1 Å². The van der Waals surface area contributed by atoms with Crippen molar-refractivity contribution in [1.29, 1.82) is 0 Å². The van der Waals surface area contributed by atoms with Gasteiger partial charge in [0, 0.05) is 6.20 Å². The number of hydrogen-bond donors (Lipinski definition) is 2. The van der Waals surface area contributed by atoms with Crippen LogP contribution in [0.2, 0.25) is 0 Å². The van der Waals surface area contributed by atoms with Gasteiger partial charge in [0.25, 0.3) is 5.91 Å². The van der Waals surface area contributed by atoms with Gasteiger partial charge in [-0.05, 0) is 43.5 Å². The highest BCUT2D eigenvalue weighted by Gasteiger charge is 2.21. The summed E-state index contributed by atoms with van der Waals surface area (Å²) >= 11 is 0. The average Bonchev–Trinajstić information content (AvgIpc) is 2.40. The molecule has 0 saturated heterocycles. The second kappa shape index (κ2) is 5.75. The van der Waals surface area contributed by atoms with Crippen LogP contribution in [0.5, 0.6) is 0 Å². The van der Waals surface area contributed by atoms with Gasteiger partial charge in [-0.2, -0.15) is 0 Å². The molecule has 1 amide bonds. The molecular weight excluding hydrogens is 268 g/mol. The first-order chi connectivity index (χ1) is 9.90. The summed E-state index contributed by atoms with van der Waals surface area (Å²) in [6, 6.07) is 5.21. The minimum absolute atomic E-state index is 0.0353. The third kappa shape index (κ3) is 3.08. The van der Waals surface area contributed by atoms with E-state index in [1.165, 1.54) is 6.20 Å². The third-order valence-electron chi connectivity index (χ3n) is 3.20. The molecule has 0 radical (unpaired) electrons. The number of pyridine rings is 1. The summed E-state index contributed by atoms with van der Waals surface area (Å²) < 4.78 is 0. The average molecular weight is 284 g/mol. The van der Waals surface area contributed by atoms with Crippen LogP contribution in [0.25, 0.3) is 0 Å². The van der Waals surface area contributed by atoms with Crippen LogP contribution in [0.1, 0.15) is 37.4 Å². The van der Waals surface area contributed by atoms with Crippen molar-refractivity contribution in [3.63, 3.8) is 0 Å². The Bertz CT molecular complexity index is 723. The number of carbonyl (C=O) groups is 2. The number of benzene rings is 1. The van der Waals surface area contributed by atoms with E-state index in [-0.39, 0.29) is 11.1 Å². The highest BCUT2D eigenvalue weighted by molar-refractivity contribution is 6.12. The van der Waals surface area contributed by atoms with E-state index in [0.29, 0.717) is 16.8 Å². The van der Waals surface area contributed by atoms with Crippen LogP contribution in [-0.2, 0) is 0 Å². The van der Waals surface area contributed by atoms with Gasteiger partial charge < -0.3 is 10.4 Å². The van der Waals surface area contributed by atoms with Gasteiger partial charge in [0.2, 0.25) is 0 Å². The number of hydrogen-bond acceptors (Lipinski definition) is 3. The summed E-state index contributed by atoms with van der Waals surface area (Å²) in [5, 5.41) is 12.0. The Morgan fingerprint density at radius 1 is 1.05 bits per heavy atom. The number of carboxylic acid groups (broad SMARTS) is 1. The molecule has 1 heterocycles. The Morgan fingerprint density at radius 3 is 2.24 bits per heavy atom. The van der Waals surface area contributed by atoms with Crippen molar-refractivity contribution in [1.82, 2.24) is 4.98 Å². The summed E-state index contributed by atoms with van der Waals surface area (Å²) in [4.78, 5) is 27.8. The van der Waals surface area contributed by atoms with Gasteiger partial charge in [0.05, 0.1) is 23.0 Å². The molecule has 5 heteroatoms. The molecule has 0 fully saturated rings. The molecule has 0 aliphatic heterocycles. The predicted molar refractivity (Wildman–Crippen MR) is 79.8 cm³/mol. The van der Waals surface area contributed by atoms with Gasteiger partial charge in [0.1, 0.15) is 0 Å². The Hall–Kier alpha value is -2.69. The number of nitrogens with one attached hydrogen (secondary N) is 1. The Kier molecular flexibility index (Phi) is 4.03. The molecule has 21 heavy (non-hydrogen) atoms. The van der Waals surface area contributed by atoms with Gasteiger partial charge >= 0.3 is 5.97 Å². The van der Waals surface area contributed by atoms with Crippen LogP contribution in [0.3, 0.4) is 0 Å². The van der Waals surface area contributed by atoms with Crippen molar-refractivity contribution in [2.45, 2.75) is 20.8 Å². The summed E-state index contributed by atoms with van der Waals surface area (Å²) in [5.41, 5.74) is 2.85. The summed E-state index contributed by atoms with van der Waals surface area (Å²) in [7, 11) is 0. The van der Waals surface area contributed by atoms with E-state index in [1.807, 2.05) is 6.92 Å². The lowest BCUT2D eigenvalue weighted by atomic mass is 9.96. The number of carbonyl (C=O) groups excluding carboxylic acids is 1. The summed E-state index contributed by atoms with van der Waals surface area (Å²) in [6.07, 6.45) is 3.20.